The van der Waals surface area contributed by atoms with E-state index in [-0.39, 0.29) is 5.56 Å². The molecule has 2 N–H and O–H groups in total. The Morgan fingerprint density at radius 2 is 1.78 bits per heavy atom. The number of rotatable bonds is 7. The molecule has 1 saturated heterocycles. The van der Waals surface area contributed by atoms with E-state index >= 15 is 0 Å². The minimum absolute atomic E-state index is 0.163. The van der Waals surface area contributed by atoms with E-state index in [2.05, 4.69) is 10.6 Å². The topological polar surface area (TPSA) is 85.2 Å². The minimum Gasteiger partial charge on any atom is -0.336 e. The van der Waals surface area contributed by atoms with Gasteiger partial charge in [-0.3, -0.25) is 4.79 Å². The summed E-state index contributed by atoms with van der Waals surface area (Å²) in [5.74, 6) is -5.01. The molecule has 1 aromatic carbocycles. The molecular formula is C23H27F3N4O2. The van der Waals surface area contributed by atoms with Crippen molar-refractivity contribution in [3.8, 4) is 6.07 Å². The Hall–Kier alpha value is -2.76. The summed E-state index contributed by atoms with van der Waals surface area (Å²) in [6.45, 7) is 1.04. The second-order valence-corrected chi connectivity index (χ2v) is 9.50. The number of nitrogens with zero attached hydrogens (tertiary/aromatic N) is 2. The largest absolute Gasteiger partial charge is 0.336 e. The number of piperidine rings is 1. The zero-order valence-corrected chi connectivity index (χ0v) is 17.8. The van der Waals surface area contributed by atoms with Crippen LogP contribution in [0.3, 0.4) is 0 Å². The molecule has 0 unspecified atom stereocenters. The number of amides is 3. The summed E-state index contributed by atoms with van der Waals surface area (Å²) in [5.41, 5.74) is -0.875. The standard InChI is InChI=1S/C23H27F3N4O2/c24-17-4-2-1-3-16(17)13-23(25,26)14-18(19(31)29-22(15-27)7-8-22)28-20(32)30-11-9-21(5-6-21)10-12-30/h1-4,18H,5-14H2,(H,28,32)(H,29,31)/t18-/m0/s1. The molecule has 1 aromatic rings. The summed E-state index contributed by atoms with van der Waals surface area (Å²) >= 11 is 0. The number of alkyl halides is 2. The predicted molar refractivity (Wildman–Crippen MR) is 110 cm³/mol. The van der Waals surface area contributed by atoms with Crippen molar-refractivity contribution in [2.45, 2.75) is 68.9 Å². The van der Waals surface area contributed by atoms with Crippen LogP contribution in [-0.2, 0) is 11.2 Å². The first kappa shape index (κ1) is 22.4. The van der Waals surface area contributed by atoms with Gasteiger partial charge in [-0.2, -0.15) is 5.26 Å². The zero-order chi connectivity index (χ0) is 23.0. The normalized spacial score (nSPS) is 21.4. The fourth-order valence-corrected chi connectivity index (χ4v) is 4.31. The lowest BCUT2D eigenvalue weighted by atomic mass is 9.94. The van der Waals surface area contributed by atoms with Crippen LogP contribution in [-0.4, -0.2) is 47.4 Å². The summed E-state index contributed by atoms with van der Waals surface area (Å²) in [7, 11) is 0. The third-order valence-electron chi connectivity index (χ3n) is 6.92. The Morgan fingerprint density at radius 1 is 1.12 bits per heavy atom. The number of hydrogen-bond acceptors (Lipinski definition) is 3. The summed E-state index contributed by atoms with van der Waals surface area (Å²) in [4.78, 5) is 27.1. The number of hydrogen-bond donors (Lipinski definition) is 2. The molecule has 2 aliphatic carbocycles. The maximum absolute atomic E-state index is 14.9. The first-order valence-electron chi connectivity index (χ1n) is 11.0. The SMILES string of the molecule is N#CC1(NC(=O)[C@H](CC(F)(F)Cc2ccccc2F)NC(=O)N2CCC3(CC2)CC3)CC1. The molecule has 0 radical (unpaired) electrons. The molecule has 32 heavy (non-hydrogen) atoms. The van der Waals surface area contributed by atoms with E-state index in [1.807, 2.05) is 6.07 Å². The Balaban J connectivity index is 1.44. The molecule has 3 amide bonds. The van der Waals surface area contributed by atoms with Gasteiger partial charge in [-0.1, -0.05) is 18.2 Å². The van der Waals surface area contributed by atoms with Gasteiger partial charge in [0, 0.05) is 25.9 Å². The van der Waals surface area contributed by atoms with E-state index in [0.29, 0.717) is 31.3 Å². The van der Waals surface area contributed by atoms with Crippen molar-refractivity contribution in [3.05, 3.63) is 35.6 Å². The van der Waals surface area contributed by atoms with Crippen LogP contribution in [0.25, 0.3) is 0 Å². The van der Waals surface area contributed by atoms with Gasteiger partial charge in [0.15, 0.2) is 0 Å². The van der Waals surface area contributed by atoms with E-state index in [1.165, 1.54) is 18.2 Å². The Bertz CT molecular complexity index is 927. The third kappa shape index (κ3) is 5.17. The van der Waals surface area contributed by atoms with E-state index in [9.17, 15) is 28.0 Å². The fourth-order valence-electron chi connectivity index (χ4n) is 4.31. The first-order valence-corrected chi connectivity index (χ1v) is 11.0. The van der Waals surface area contributed by atoms with Gasteiger partial charge in [-0.25, -0.2) is 18.0 Å². The van der Waals surface area contributed by atoms with Gasteiger partial charge in [-0.15, -0.1) is 0 Å². The van der Waals surface area contributed by atoms with Crippen LogP contribution in [0, 0.1) is 22.6 Å². The summed E-state index contributed by atoms with van der Waals surface area (Å²) < 4.78 is 43.6. The number of likely N-dealkylation sites (tertiary alicyclic amines) is 1. The van der Waals surface area contributed by atoms with E-state index in [4.69, 9.17) is 0 Å². The molecule has 1 aliphatic heterocycles. The maximum Gasteiger partial charge on any atom is 0.318 e. The highest BCUT2D eigenvalue weighted by Crippen LogP contribution is 2.53. The Labute approximate surface area is 185 Å². The fraction of sp³-hybridized carbons (Fsp3) is 0.609. The maximum atomic E-state index is 14.9. The molecule has 172 valence electrons. The van der Waals surface area contributed by atoms with Gasteiger partial charge < -0.3 is 15.5 Å². The van der Waals surface area contributed by atoms with E-state index in [0.717, 1.165) is 31.7 Å². The lowest BCUT2D eigenvalue weighted by molar-refractivity contribution is -0.126. The summed E-state index contributed by atoms with van der Waals surface area (Å²) in [6, 6.07) is 5.14. The number of carbonyl (C=O) groups is 2. The zero-order valence-electron chi connectivity index (χ0n) is 17.8. The van der Waals surface area contributed by atoms with Crippen molar-refractivity contribution in [1.82, 2.24) is 15.5 Å². The van der Waals surface area contributed by atoms with Crippen molar-refractivity contribution in [1.29, 1.82) is 5.26 Å². The number of urea groups is 1. The molecule has 6 nitrogen and oxygen atoms in total. The van der Waals surface area contributed by atoms with Crippen LogP contribution in [0.2, 0.25) is 0 Å². The van der Waals surface area contributed by atoms with Crippen LogP contribution >= 0.6 is 0 Å². The lowest BCUT2D eigenvalue weighted by Gasteiger charge is -2.34. The summed E-state index contributed by atoms with van der Waals surface area (Å²) in [6.07, 6.45) is 3.06. The predicted octanol–water partition coefficient (Wildman–Crippen LogP) is 3.52. The first-order chi connectivity index (χ1) is 15.1. The van der Waals surface area contributed by atoms with Crippen LogP contribution in [0.5, 0.6) is 0 Å². The van der Waals surface area contributed by atoms with Gasteiger partial charge >= 0.3 is 6.03 Å². The smallest absolute Gasteiger partial charge is 0.318 e. The Morgan fingerprint density at radius 3 is 2.34 bits per heavy atom. The molecule has 2 saturated carbocycles. The van der Waals surface area contributed by atoms with Crippen LogP contribution in [0.15, 0.2) is 24.3 Å². The number of carbonyl (C=O) groups excluding carboxylic acids is 2. The highest BCUT2D eigenvalue weighted by atomic mass is 19.3. The highest BCUT2D eigenvalue weighted by Gasteiger charge is 2.48. The molecule has 0 aromatic heterocycles. The number of halogens is 3. The van der Waals surface area contributed by atoms with Crippen molar-refractivity contribution in [3.63, 3.8) is 0 Å². The van der Waals surface area contributed by atoms with Gasteiger partial charge in [0.1, 0.15) is 17.4 Å². The number of nitrogens with one attached hydrogen (secondary N) is 2. The lowest BCUT2D eigenvalue weighted by Crippen LogP contribution is -2.56. The van der Waals surface area contributed by atoms with Gasteiger partial charge in [0.2, 0.25) is 5.91 Å². The van der Waals surface area contributed by atoms with Gasteiger partial charge in [0.25, 0.3) is 5.92 Å². The van der Waals surface area contributed by atoms with Crippen molar-refractivity contribution in [2.75, 3.05) is 13.1 Å². The molecule has 0 bridgehead atoms. The second-order valence-electron chi connectivity index (χ2n) is 9.50. The van der Waals surface area contributed by atoms with Crippen LogP contribution in [0.1, 0.15) is 50.5 Å². The van der Waals surface area contributed by atoms with Crippen molar-refractivity contribution in [2.24, 2.45) is 5.41 Å². The molecule has 1 spiro atoms. The van der Waals surface area contributed by atoms with Crippen LogP contribution in [0.4, 0.5) is 18.0 Å². The summed E-state index contributed by atoms with van der Waals surface area (Å²) in [5, 5.41) is 14.2. The van der Waals surface area contributed by atoms with Crippen LogP contribution < -0.4 is 10.6 Å². The average molecular weight is 448 g/mol. The average Bonchev–Trinajstić information content (AvgIpc) is 3.68. The van der Waals surface area contributed by atoms with E-state index < -0.39 is 48.1 Å². The molecule has 1 atom stereocenters. The second kappa shape index (κ2) is 8.30. The molecule has 3 fully saturated rings. The molecule has 4 rings (SSSR count). The van der Waals surface area contributed by atoms with Crippen molar-refractivity contribution >= 4 is 11.9 Å². The Kier molecular flexibility index (Phi) is 5.82. The number of nitriles is 1. The third-order valence-corrected chi connectivity index (χ3v) is 6.92. The molecule has 3 aliphatic rings. The minimum atomic E-state index is -3.44. The van der Waals surface area contributed by atoms with Gasteiger partial charge in [-0.05, 0) is 55.6 Å². The molecular weight excluding hydrogens is 421 g/mol. The highest BCUT2D eigenvalue weighted by molar-refractivity contribution is 5.88. The van der Waals surface area contributed by atoms with Crippen molar-refractivity contribution < 1.29 is 22.8 Å². The number of benzene rings is 1. The van der Waals surface area contributed by atoms with E-state index in [1.54, 1.807) is 4.90 Å². The van der Waals surface area contributed by atoms with Gasteiger partial charge in [0.05, 0.1) is 6.07 Å². The monoisotopic (exact) mass is 448 g/mol. The molecule has 9 heteroatoms. The quantitative estimate of drug-likeness (QED) is 0.669. The molecule has 1 heterocycles.